The number of furan rings is 1. The predicted molar refractivity (Wildman–Crippen MR) is 71.4 cm³/mol. The van der Waals surface area contributed by atoms with E-state index >= 15 is 0 Å². The molecule has 2 N–H and O–H groups in total. The van der Waals surface area contributed by atoms with Gasteiger partial charge >= 0.3 is 11.9 Å². The number of carbonyl (C=O) groups excluding carboxylic acids is 3. The van der Waals surface area contributed by atoms with Crippen LogP contribution in [0.4, 0.5) is 0 Å². The molecule has 2 amide bonds. The molecule has 2 aromatic rings. The Bertz CT molecular complexity index is 666. The summed E-state index contributed by atoms with van der Waals surface area (Å²) in [6.07, 6.45) is 3.97. The first-order valence-electron chi connectivity index (χ1n) is 6.14. The van der Waals surface area contributed by atoms with Gasteiger partial charge in [0.25, 0.3) is 5.91 Å². The number of esters is 1. The molecule has 22 heavy (non-hydrogen) atoms. The Morgan fingerprint density at radius 1 is 1.23 bits per heavy atom. The Morgan fingerprint density at radius 3 is 2.68 bits per heavy atom. The van der Waals surface area contributed by atoms with Crippen LogP contribution in [-0.2, 0) is 9.53 Å². The first-order chi connectivity index (χ1) is 10.6. The van der Waals surface area contributed by atoms with Crippen LogP contribution in [0, 0.1) is 6.92 Å². The number of hydrogen-bond donors (Lipinski definition) is 2. The Labute approximate surface area is 124 Å². The zero-order valence-corrected chi connectivity index (χ0v) is 11.5. The molecular formula is C13H12N4O5. The van der Waals surface area contributed by atoms with Crippen LogP contribution in [0.15, 0.2) is 35.2 Å². The van der Waals surface area contributed by atoms with Crippen LogP contribution >= 0.6 is 0 Å². The van der Waals surface area contributed by atoms with E-state index in [1.165, 1.54) is 30.8 Å². The van der Waals surface area contributed by atoms with Crippen molar-refractivity contribution in [2.75, 3.05) is 6.61 Å². The Balaban J connectivity index is 1.74. The fourth-order valence-electron chi connectivity index (χ4n) is 1.33. The molecule has 9 nitrogen and oxygen atoms in total. The van der Waals surface area contributed by atoms with E-state index in [9.17, 15) is 14.4 Å². The van der Waals surface area contributed by atoms with E-state index < -0.39 is 24.4 Å². The number of aryl methyl sites for hydroxylation is 1. The summed E-state index contributed by atoms with van der Waals surface area (Å²) in [5.74, 6) is -2.10. The van der Waals surface area contributed by atoms with Crippen LogP contribution in [0.2, 0.25) is 0 Å². The standard InChI is InChI=1S/C13H12N4O5/c1-8-5-15-9(6-14-8)13(20)22-7-11(18)16-17-12(19)10-3-2-4-21-10/h2-6H,7H2,1H3,(H,16,18)(H,17,19). The average Bonchev–Trinajstić information content (AvgIpc) is 3.05. The summed E-state index contributed by atoms with van der Waals surface area (Å²) in [4.78, 5) is 42.2. The van der Waals surface area contributed by atoms with E-state index in [1.54, 1.807) is 6.92 Å². The summed E-state index contributed by atoms with van der Waals surface area (Å²) in [5.41, 5.74) is 4.81. The van der Waals surface area contributed by atoms with E-state index in [1.807, 2.05) is 0 Å². The lowest BCUT2D eigenvalue weighted by molar-refractivity contribution is -0.125. The van der Waals surface area contributed by atoms with Gasteiger partial charge in [-0.15, -0.1) is 0 Å². The number of hydrazine groups is 1. The number of amides is 2. The Hall–Kier alpha value is -3.23. The van der Waals surface area contributed by atoms with Crippen molar-refractivity contribution in [3.05, 3.63) is 47.9 Å². The highest BCUT2D eigenvalue weighted by Gasteiger charge is 2.13. The van der Waals surface area contributed by atoms with Crippen molar-refractivity contribution in [2.45, 2.75) is 6.92 Å². The summed E-state index contributed by atoms with van der Waals surface area (Å²) in [6.45, 7) is 1.14. The molecule has 0 spiro atoms. The number of aromatic nitrogens is 2. The number of ether oxygens (including phenoxy) is 1. The van der Waals surface area contributed by atoms with Crippen LogP contribution in [0.1, 0.15) is 26.7 Å². The molecule has 114 valence electrons. The molecule has 0 atom stereocenters. The number of nitrogens with zero attached hydrogens (tertiary/aromatic N) is 2. The molecular weight excluding hydrogens is 292 g/mol. The summed E-state index contributed by atoms with van der Waals surface area (Å²) in [7, 11) is 0. The van der Waals surface area contributed by atoms with Crippen LogP contribution in [0.5, 0.6) is 0 Å². The second-order valence-electron chi connectivity index (χ2n) is 4.10. The zero-order valence-electron chi connectivity index (χ0n) is 11.5. The highest BCUT2D eigenvalue weighted by atomic mass is 16.5. The quantitative estimate of drug-likeness (QED) is 0.601. The van der Waals surface area contributed by atoms with Crippen molar-refractivity contribution in [1.29, 1.82) is 0 Å². The summed E-state index contributed by atoms with van der Waals surface area (Å²) >= 11 is 0. The highest BCUT2D eigenvalue weighted by molar-refractivity contribution is 5.93. The molecule has 0 radical (unpaired) electrons. The van der Waals surface area contributed by atoms with Crippen LogP contribution in [-0.4, -0.2) is 34.4 Å². The van der Waals surface area contributed by atoms with Gasteiger partial charge in [0.05, 0.1) is 18.2 Å². The minimum absolute atomic E-state index is 0.0157. The molecule has 0 fully saturated rings. The van der Waals surface area contributed by atoms with Gasteiger partial charge in [-0.2, -0.15) is 0 Å². The first-order valence-corrected chi connectivity index (χ1v) is 6.14. The molecule has 9 heteroatoms. The van der Waals surface area contributed by atoms with Gasteiger partial charge in [0.2, 0.25) is 0 Å². The second kappa shape index (κ2) is 6.97. The molecule has 2 aromatic heterocycles. The topological polar surface area (TPSA) is 123 Å². The molecule has 2 heterocycles. The maximum Gasteiger partial charge on any atom is 0.359 e. The lowest BCUT2D eigenvalue weighted by Crippen LogP contribution is -2.43. The molecule has 0 aromatic carbocycles. The van der Waals surface area contributed by atoms with Crippen molar-refractivity contribution >= 4 is 17.8 Å². The fourth-order valence-corrected chi connectivity index (χ4v) is 1.33. The van der Waals surface area contributed by atoms with E-state index in [0.29, 0.717) is 5.69 Å². The summed E-state index contributed by atoms with van der Waals surface area (Å²) in [5, 5.41) is 0. The van der Waals surface area contributed by atoms with Gasteiger partial charge in [0.15, 0.2) is 18.1 Å². The smallest absolute Gasteiger partial charge is 0.359 e. The molecule has 2 rings (SSSR count). The second-order valence-corrected chi connectivity index (χ2v) is 4.10. The molecule has 0 aliphatic carbocycles. The Morgan fingerprint density at radius 2 is 2.05 bits per heavy atom. The fraction of sp³-hybridized carbons (Fsp3) is 0.154. The molecule has 0 saturated carbocycles. The number of carbonyl (C=O) groups is 3. The van der Waals surface area contributed by atoms with Gasteiger partial charge in [0, 0.05) is 6.20 Å². The third kappa shape index (κ3) is 4.13. The molecule has 0 aliphatic rings. The molecule has 0 unspecified atom stereocenters. The number of rotatable bonds is 4. The van der Waals surface area contributed by atoms with E-state index in [0.717, 1.165) is 0 Å². The lowest BCUT2D eigenvalue weighted by Gasteiger charge is -2.06. The maximum absolute atomic E-state index is 11.6. The SMILES string of the molecule is Cc1cnc(C(=O)OCC(=O)NNC(=O)c2ccco2)cn1. The number of nitrogens with one attached hydrogen (secondary N) is 2. The zero-order chi connectivity index (χ0) is 15.9. The lowest BCUT2D eigenvalue weighted by atomic mass is 10.4. The van der Waals surface area contributed by atoms with Gasteiger partial charge in [-0.25, -0.2) is 9.78 Å². The van der Waals surface area contributed by atoms with Gasteiger partial charge in [0.1, 0.15) is 0 Å². The number of hydrogen-bond acceptors (Lipinski definition) is 7. The van der Waals surface area contributed by atoms with E-state index in [4.69, 9.17) is 9.15 Å². The maximum atomic E-state index is 11.6. The van der Waals surface area contributed by atoms with Gasteiger partial charge in [-0.05, 0) is 19.1 Å². The van der Waals surface area contributed by atoms with Crippen molar-refractivity contribution in [1.82, 2.24) is 20.8 Å². The van der Waals surface area contributed by atoms with E-state index in [2.05, 4.69) is 20.8 Å². The van der Waals surface area contributed by atoms with Crippen LogP contribution in [0.3, 0.4) is 0 Å². The van der Waals surface area contributed by atoms with Crippen molar-refractivity contribution in [3.63, 3.8) is 0 Å². The molecule has 0 saturated heterocycles. The van der Waals surface area contributed by atoms with Crippen LogP contribution in [0.25, 0.3) is 0 Å². The van der Waals surface area contributed by atoms with Crippen molar-refractivity contribution < 1.29 is 23.5 Å². The Kier molecular flexibility index (Phi) is 4.81. The van der Waals surface area contributed by atoms with E-state index in [-0.39, 0.29) is 11.5 Å². The van der Waals surface area contributed by atoms with Crippen molar-refractivity contribution in [2.24, 2.45) is 0 Å². The molecule has 0 aliphatic heterocycles. The average molecular weight is 304 g/mol. The third-order valence-corrected chi connectivity index (χ3v) is 2.38. The normalized spacial score (nSPS) is 9.86. The summed E-state index contributed by atoms with van der Waals surface area (Å²) in [6, 6.07) is 2.96. The third-order valence-electron chi connectivity index (χ3n) is 2.38. The van der Waals surface area contributed by atoms with Gasteiger partial charge < -0.3 is 9.15 Å². The van der Waals surface area contributed by atoms with Crippen molar-refractivity contribution in [3.8, 4) is 0 Å². The monoisotopic (exact) mass is 304 g/mol. The summed E-state index contributed by atoms with van der Waals surface area (Å²) < 4.78 is 9.55. The van der Waals surface area contributed by atoms with Gasteiger partial charge in [-0.1, -0.05) is 0 Å². The minimum Gasteiger partial charge on any atom is -0.459 e. The predicted octanol–water partition coefficient (Wildman–Crippen LogP) is -0.00398. The first kappa shape index (κ1) is 15.2. The van der Waals surface area contributed by atoms with Gasteiger partial charge in [-0.3, -0.25) is 25.4 Å². The largest absolute Gasteiger partial charge is 0.459 e. The van der Waals surface area contributed by atoms with Crippen LogP contribution < -0.4 is 10.9 Å². The highest BCUT2D eigenvalue weighted by Crippen LogP contribution is 1.98. The minimum atomic E-state index is -0.792. The molecule has 0 bridgehead atoms.